The fourth-order valence-corrected chi connectivity index (χ4v) is 3.50. The zero-order chi connectivity index (χ0) is 18.2. The molecule has 0 aromatic carbocycles. The van der Waals surface area contributed by atoms with Gasteiger partial charge in [-0.25, -0.2) is 4.79 Å². The molecule has 0 saturated heterocycles. The number of esters is 1. The van der Waals surface area contributed by atoms with E-state index >= 15 is 0 Å². The Balaban J connectivity index is 2.64. The van der Waals surface area contributed by atoms with Gasteiger partial charge in [-0.05, 0) is 56.8 Å². The second-order valence-corrected chi connectivity index (χ2v) is 7.69. The Bertz CT molecular complexity index is 535. The molecule has 0 saturated carbocycles. The molecule has 1 atom stereocenters. The Labute approximate surface area is 147 Å². The SMILES string of the molecule is CCCCOC(=O)C(C#N)=CC(C)CCC1=C(C)CCCC1(C)C. The minimum atomic E-state index is -0.480. The van der Waals surface area contributed by atoms with Crippen LogP contribution in [0.2, 0.25) is 0 Å². The van der Waals surface area contributed by atoms with Crippen molar-refractivity contribution in [3.63, 3.8) is 0 Å². The monoisotopic (exact) mass is 331 g/mol. The van der Waals surface area contributed by atoms with Crippen LogP contribution in [0.4, 0.5) is 0 Å². The lowest BCUT2D eigenvalue weighted by Gasteiger charge is -2.35. The van der Waals surface area contributed by atoms with Gasteiger partial charge in [0.2, 0.25) is 0 Å². The summed E-state index contributed by atoms with van der Waals surface area (Å²) in [7, 11) is 0. The summed E-state index contributed by atoms with van der Waals surface area (Å²) in [4.78, 5) is 11.9. The topological polar surface area (TPSA) is 50.1 Å². The third-order valence-corrected chi connectivity index (χ3v) is 5.06. The van der Waals surface area contributed by atoms with Crippen molar-refractivity contribution in [1.82, 2.24) is 0 Å². The quantitative estimate of drug-likeness (QED) is 0.188. The molecule has 134 valence electrons. The first-order valence-corrected chi connectivity index (χ1v) is 9.30. The molecule has 1 aliphatic rings. The minimum Gasteiger partial charge on any atom is -0.462 e. The van der Waals surface area contributed by atoms with E-state index in [-0.39, 0.29) is 16.9 Å². The van der Waals surface area contributed by atoms with Gasteiger partial charge in [0.15, 0.2) is 0 Å². The maximum atomic E-state index is 11.9. The van der Waals surface area contributed by atoms with Crippen molar-refractivity contribution >= 4 is 5.97 Å². The maximum absolute atomic E-state index is 11.9. The van der Waals surface area contributed by atoms with Crippen molar-refractivity contribution in [2.24, 2.45) is 11.3 Å². The molecule has 0 aromatic rings. The number of unbranched alkanes of at least 4 members (excludes halogenated alkanes) is 1. The number of hydrogen-bond donors (Lipinski definition) is 0. The minimum absolute atomic E-state index is 0.146. The fourth-order valence-electron chi connectivity index (χ4n) is 3.50. The van der Waals surface area contributed by atoms with E-state index in [1.54, 1.807) is 11.6 Å². The highest BCUT2D eigenvalue weighted by Crippen LogP contribution is 2.42. The van der Waals surface area contributed by atoms with E-state index in [0.29, 0.717) is 6.61 Å². The molecule has 1 aliphatic carbocycles. The number of carbonyl (C=O) groups is 1. The second kappa shape index (κ2) is 9.67. The highest BCUT2D eigenvalue weighted by molar-refractivity contribution is 5.92. The summed E-state index contributed by atoms with van der Waals surface area (Å²) < 4.78 is 5.14. The zero-order valence-corrected chi connectivity index (χ0v) is 16.1. The van der Waals surface area contributed by atoms with Crippen LogP contribution < -0.4 is 0 Å². The molecule has 0 heterocycles. The summed E-state index contributed by atoms with van der Waals surface area (Å²) in [6.45, 7) is 11.4. The van der Waals surface area contributed by atoms with Crippen LogP contribution in [0, 0.1) is 22.7 Å². The van der Waals surface area contributed by atoms with Crippen molar-refractivity contribution in [3.8, 4) is 6.07 Å². The average Bonchev–Trinajstić information content (AvgIpc) is 2.51. The summed E-state index contributed by atoms with van der Waals surface area (Å²) in [6, 6.07) is 2.00. The van der Waals surface area contributed by atoms with Gasteiger partial charge in [-0.2, -0.15) is 5.26 Å². The molecule has 3 heteroatoms. The van der Waals surface area contributed by atoms with Gasteiger partial charge in [0, 0.05) is 0 Å². The molecule has 3 nitrogen and oxygen atoms in total. The van der Waals surface area contributed by atoms with E-state index in [0.717, 1.165) is 25.7 Å². The normalized spacial score (nSPS) is 18.9. The summed E-state index contributed by atoms with van der Waals surface area (Å²) in [5.74, 6) is -0.289. The lowest BCUT2D eigenvalue weighted by molar-refractivity contribution is -0.138. The third kappa shape index (κ3) is 6.15. The lowest BCUT2D eigenvalue weighted by Crippen LogP contribution is -2.20. The van der Waals surface area contributed by atoms with E-state index in [9.17, 15) is 10.1 Å². The van der Waals surface area contributed by atoms with Crippen LogP contribution in [0.15, 0.2) is 22.8 Å². The van der Waals surface area contributed by atoms with Gasteiger partial charge in [0.25, 0.3) is 0 Å². The highest BCUT2D eigenvalue weighted by atomic mass is 16.5. The molecule has 24 heavy (non-hydrogen) atoms. The molecule has 0 radical (unpaired) electrons. The molecular weight excluding hydrogens is 298 g/mol. The Kier molecular flexibility index (Phi) is 8.25. The predicted octanol–water partition coefficient (Wildman–Crippen LogP) is 5.72. The van der Waals surface area contributed by atoms with Crippen molar-refractivity contribution in [2.75, 3.05) is 6.61 Å². The molecular formula is C21H33NO2. The summed E-state index contributed by atoms with van der Waals surface area (Å²) >= 11 is 0. The number of allylic oxidation sites excluding steroid dienone is 3. The molecule has 0 fully saturated rings. The third-order valence-electron chi connectivity index (χ3n) is 5.06. The van der Waals surface area contributed by atoms with E-state index < -0.39 is 5.97 Å². The summed E-state index contributed by atoms with van der Waals surface area (Å²) in [5.41, 5.74) is 3.52. The number of hydrogen-bond acceptors (Lipinski definition) is 3. The van der Waals surface area contributed by atoms with Gasteiger partial charge in [0.05, 0.1) is 6.61 Å². The van der Waals surface area contributed by atoms with Crippen LogP contribution in [-0.4, -0.2) is 12.6 Å². The molecule has 0 aromatic heterocycles. The molecule has 0 N–H and O–H groups in total. The molecule has 0 aliphatic heterocycles. The van der Waals surface area contributed by atoms with Gasteiger partial charge < -0.3 is 4.74 Å². The van der Waals surface area contributed by atoms with Gasteiger partial charge in [0.1, 0.15) is 11.6 Å². The molecule has 1 unspecified atom stereocenters. The van der Waals surface area contributed by atoms with Crippen LogP contribution in [0.25, 0.3) is 0 Å². The summed E-state index contributed by atoms with van der Waals surface area (Å²) in [6.07, 6.45) is 9.32. The predicted molar refractivity (Wildman–Crippen MR) is 98.3 cm³/mol. The molecule has 1 rings (SSSR count). The number of nitrogens with zero attached hydrogens (tertiary/aromatic N) is 1. The van der Waals surface area contributed by atoms with Crippen LogP contribution in [0.3, 0.4) is 0 Å². The largest absolute Gasteiger partial charge is 0.462 e. The first-order chi connectivity index (χ1) is 11.3. The van der Waals surface area contributed by atoms with Crippen molar-refractivity contribution in [3.05, 3.63) is 22.8 Å². The molecule has 0 bridgehead atoms. The summed E-state index contributed by atoms with van der Waals surface area (Å²) in [5, 5.41) is 9.22. The van der Waals surface area contributed by atoms with Crippen LogP contribution in [-0.2, 0) is 9.53 Å². The van der Waals surface area contributed by atoms with Gasteiger partial charge in [-0.1, -0.05) is 51.3 Å². The lowest BCUT2D eigenvalue weighted by atomic mass is 9.71. The number of carbonyl (C=O) groups excluding carboxylic acids is 1. The van der Waals surface area contributed by atoms with Gasteiger partial charge in [-0.3, -0.25) is 0 Å². The van der Waals surface area contributed by atoms with Crippen molar-refractivity contribution in [1.29, 1.82) is 5.26 Å². The smallest absolute Gasteiger partial charge is 0.348 e. The Morgan fingerprint density at radius 3 is 2.75 bits per heavy atom. The fraction of sp³-hybridized carbons (Fsp3) is 0.714. The van der Waals surface area contributed by atoms with Crippen molar-refractivity contribution < 1.29 is 9.53 Å². The first-order valence-electron chi connectivity index (χ1n) is 9.30. The van der Waals surface area contributed by atoms with E-state index in [2.05, 4.69) is 27.7 Å². The van der Waals surface area contributed by atoms with E-state index in [1.165, 1.54) is 24.8 Å². The van der Waals surface area contributed by atoms with Crippen molar-refractivity contribution in [2.45, 2.75) is 79.6 Å². The highest BCUT2D eigenvalue weighted by Gasteiger charge is 2.28. The number of nitriles is 1. The molecule has 0 amide bonds. The standard InChI is InChI=1S/C21H33NO2/c1-6-7-13-24-20(23)18(15-22)14-16(2)10-11-19-17(3)9-8-12-21(19,4)5/h14,16H,6-13H2,1-5H3. The number of ether oxygens (including phenoxy) is 1. The van der Waals surface area contributed by atoms with Crippen LogP contribution >= 0.6 is 0 Å². The van der Waals surface area contributed by atoms with Gasteiger partial charge >= 0.3 is 5.97 Å². The zero-order valence-electron chi connectivity index (χ0n) is 16.1. The van der Waals surface area contributed by atoms with Gasteiger partial charge in [-0.15, -0.1) is 0 Å². The first kappa shape index (κ1) is 20.5. The Hall–Kier alpha value is -1.56. The van der Waals surface area contributed by atoms with E-state index in [4.69, 9.17) is 4.74 Å². The average molecular weight is 332 g/mol. The number of rotatable bonds is 8. The van der Waals surface area contributed by atoms with E-state index in [1.807, 2.05) is 13.0 Å². The second-order valence-electron chi connectivity index (χ2n) is 7.69. The van der Waals surface area contributed by atoms with Crippen LogP contribution in [0.1, 0.15) is 79.6 Å². The van der Waals surface area contributed by atoms with Crippen LogP contribution in [0.5, 0.6) is 0 Å². The Morgan fingerprint density at radius 1 is 1.46 bits per heavy atom. The molecule has 0 spiro atoms. The maximum Gasteiger partial charge on any atom is 0.348 e. The Morgan fingerprint density at radius 2 is 2.17 bits per heavy atom.